The summed E-state index contributed by atoms with van der Waals surface area (Å²) in [5.41, 5.74) is 3.27. The minimum Gasteiger partial charge on any atom is -0.441 e. The summed E-state index contributed by atoms with van der Waals surface area (Å²) in [5.74, 6) is -0.224. The van der Waals surface area contributed by atoms with Crippen LogP contribution in [0.1, 0.15) is 32.2 Å². The maximum atomic E-state index is 12.5. The van der Waals surface area contributed by atoms with Crippen molar-refractivity contribution in [3.8, 4) is 11.5 Å². The van der Waals surface area contributed by atoms with Gasteiger partial charge in [0, 0.05) is 0 Å². The minimum absolute atomic E-state index is 0.251. The number of rotatable bonds is 2. The van der Waals surface area contributed by atoms with E-state index in [9.17, 15) is 9.59 Å². The molecule has 0 aliphatic carbocycles. The number of benzene rings is 3. The molecule has 0 unspecified atom stereocenters. The van der Waals surface area contributed by atoms with Crippen molar-refractivity contribution < 1.29 is 18.7 Å². The molecule has 5 rings (SSSR count). The third-order valence-corrected chi connectivity index (χ3v) is 5.86. The number of aryl methyl sites for hydroxylation is 1. The molecule has 1 fully saturated rings. The fourth-order valence-electron chi connectivity index (χ4n) is 4.40. The lowest BCUT2D eigenvalue weighted by Gasteiger charge is -2.08. The molecule has 158 valence electrons. The summed E-state index contributed by atoms with van der Waals surface area (Å²) in [6.45, 7) is 7.15. The number of carbonyl (C=O) groups excluding carboxylic acids is 2. The van der Waals surface area contributed by atoms with E-state index in [1.165, 1.54) is 0 Å². The van der Waals surface area contributed by atoms with Crippen LogP contribution in [0, 0.1) is 6.92 Å². The second kappa shape index (κ2) is 7.31. The molecular formula is C27H21NO4. The number of allylic oxidation sites excluding steroid dienone is 2. The molecule has 32 heavy (non-hydrogen) atoms. The standard InChI is InChI=1S/C27H21NO4/c1-14(2)21-22(27(30)32-26(21)29)15(3)24-16(4)31-25(28-24)23-19-11-7-5-9-17(19)13-18-10-6-8-12-20(18)23/h5-13H,1-4H3. The Morgan fingerprint density at radius 3 is 1.97 bits per heavy atom. The van der Waals surface area contributed by atoms with Gasteiger partial charge in [0.2, 0.25) is 5.89 Å². The van der Waals surface area contributed by atoms with Gasteiger partial charge in [-0.05, 0) is 60.9 Å². The average Bonchev–Trinajstić information content (AvgIpc) is 3.29. The SMILES string of the molecule is CC(C)=C1C(=O)OC(=O)C1=C(C)c1nc(-c2c3ccccc3cc3ccccc23)oc1C. The lowest BCUT2D eigenvalue weighted by atomic mass is 9.96. The summed E-state index contributed by atoms with van der Waals surface area (Å²) in [5, 5.41) is 4.24. The maximum Gasteiger partial charge on any atom is 0.347 e. The third kappa shape index (κ3) is 2.97. The first-order valence-electron chi connectivity index (χ1n) is 10.4. The van der Waals surface area contributed by atoms with Crippen molar-refractivity contribution >= 4 is 39.1 Å². The number of fused-ring (bicyclic) bond motifs is 2. The van der Waals surface area contributed by atoms with Crippen molar-refractivity contribution in [3.63, 3.8) is 0 Å². The summed E-state index contributed by atoms with van der Waals surface area (Å²) in [6.07, 6.45) is 0. The molecule has 0 amide bonds. The Morgan fingerprint density at radius 1 is 0.812 bits per heavy atom. The molecule has 5 nitrogen and oxygen atoms in total. The highest BCUT2D eigenvalue weighted by molar-refractivity contribution is 6.22. The van der Waals surface area contributed by atoms with Crippen molar-refractivity contribution in [2.45, 2.75) is 27.7 Å². The van der Waals surface area contributed by atoms with Gasteiger partial charge in [0.15, 0.2) is 0 Å². The van der Waals surface area contributed by atoms with Crippen molar-refractivity contribution in [1.29, 1.82) is 0 Å². The highest BCUT2D eigenvalue weighted by atomic mass is 16.6. The van der Waals surface area contributed by atoms with Crippen LogP contribution in [0.4, 0.5) is 0 Å². The lowest BCUT2D eigenvalue weighted by Crippen LogP contribution is -2.00. The zero-order chi connectivity index (χ0) is 22.6. The lowest BCUT2D eigenvalue weighted by molar-refractivity contribution is -0.149. The van der Waals surface area contributed by atoms with Crippen LogP contribution in [0.25, 0.3) is 38.6 Å². The maximum absolute atomic E-state index is 12.5. The zero-order valence-electron chi connectivity index (χ0n) is 18.3. The largest absolute Gasteiger partial charge is 0.441 e. The van der Waals surface area contributed by atoms with Gasteiger partial charge in [-0.1, -0.05) is 54.1 Å². The third-order valence-electron chi connectivity index (χ3n) is 5.86. The molecule has 1 saturated heterocycles. The molecule has 5 heteroatoms. The topological polar surface area (TPSA) is 69.4 Å². The molecule has 1 aliphatic rings. The van der Waals surface area contributed by atoms with Crippen molar-refractivity contribution in [2.24, 2.45) is 0 Å². The van der Waals surface area contributed by atoms with E-state index in [4.69, 9.17) is 14.1 Å². The number of oxazole rings is 1. The number of hydrogen-bond acceptors (Lipinski definition) is 5. The van der Waals surface area contributed by atoms with E-state index < -0.39 is 11.9 Å². The van der Waals surface area contributed by atoms with Crippen LogP contribution >= 0.6 is 0 Å². The molecule has 0 N–H and O–H groups in total. The van der Waals surface area contributed by atoms with Crippen LogP contribution < -0.4 is 0 Å². The molecule has 0 saturated carbocycles. The van der Waals surface area contributed by atoms with Gasteiger partial charge >= 0.3 is 11.9 Å². The Bertz CT molecular complexity index is 1460. The summed E-state index contributed by atoms with van der Waals surface area (Å²) in [7, 11) is 0. The van der Waals surface area contributed by atoms with Crippen LogP contribution in [-0.2, 0) is 14.3 Å². The number of cyclic esters (lactones) is 2. The molecule has 0 bridgehead atoms. The second-order valence-electron chi connectivity index (χ2n) is 8.17. The van der Waals surface area contributed by atoms with Crippen molar-refractivity contribution in [1.82, 2.24) is 4.98 Å². The van der Waals surface area contributed by atoms with Gasteiger partial charge in [-0.3, -0.25) is 0 Å². The number of aromatic nitrogens is 1. The van der Waals surface area contributed by atoms with E-state index in [-0.39, 0.29) is 5.57 Å². The van der Waals surface area contributed by atoms with Gasteiger partial charge in [0.05, 0.1) is 16.7 Å². The van der Waals surface area contributed by atoms with Crippen molar-refractivity contribution in [3.05, 3.63) is 82.8 Å². The summed E-state index contributed by atoms with van der Waals surface area (Å²) < 4.78 is 11.0. The molecule has 0 spiro atoms. The Morgan fingerprint density at radius 2 is 1.38 bits per heavy atom. The first-order valence-corrected chi connectivity index (χ1v) is 10.4. The monoisotopic (exact) mass is 423 g/mol. The number of carbonyl (C=O) groups is 2. The predicted molar refractivity (Wildman–Crippen MR) is 124 cm³/mol. The molecule has 1 aromatic heterocycles. The smallest absolute Gasteiger partial charge is 0.347 e. The Hall–Kier alpha value is -3.99. The molecule has 2 heterocycles. The molecule has 3 aromatic carbocycles. The summed E-state index contributed by atoms with van der Waals surface area (Å²) in [4.78, 5) is 29.5. The fraction of sp³-hybridized carbons (Fsp3) is 0.148. The number of hydrogen-bond donors (Lipinski definition) is 0. The molecular weight excluding hydrogens is 402 g/mol. The van der Waals surface area contributed by atoms with Crippen molar-refractivity contribution in [2.75, 3.05) is 0 Å². The molecule has 1 aliphatic heterocycles. The van der Waals surface area contributed by atoms with E-state index in [0.717, 1.165) is 32.7 Å². The van der Waals surface area contributed by atoms with Gasteiger partial charge in [0.1, 0.15) is 11.5 Å². The first kappa shape index (κ1) is 19.9. The zero-order valence-corrected chi connectivity index (χ0v) is 18.3. The Kier molecular flexibility index (Phi) is 4.55. The average molecular weight is 423 g/mol. The number of esters is 2. The first-order chi connectivity index (χ1) is 15.4. The molecule has 0 atom stereocenters. The van der Waals surface area contributed by atoms with Crippen LogP contribution in [0.5, 0.6) is 0 Å². The van der Waals surface area contributed by atoms with E-state index in [1.54, 1.807) is 20.8 Å². The summed E-state index contributed by atoms with van der Waals surface area (Å²) in [6, 6.07) is 18.4. The predicted octanol–water partition coefficient (Wildman–Crippen LogP) is 6.15. The van der Waals surface area contributed by atoms with E-state index >= 15 is 0 Å². The fourth-order valence-corrected chi connectivity index (χ4v) is 4.40. The van der Waals surface area contributed by atoms with E-state index in [1.807, 2.05) is 31.2 Å². The van der Waals surface area contributed by atoms with E-state index in [2.05, 4.69) is 30.3 Å². The van der Waals surface area contributed by atoms with Gasteiger partial charge < -0.3 is 9.15 Å². The Labute approximate surface area is 185 Å². The quantitative estimate of drug-likeness (QED) is 0.167. The Balaban J connectivity index is 1.78. The molecule has 0 radical (unpaired) electrons. The highest BCUT2D eigenvalue weighted by Gasteiger charge is 2.37. The van der Waals surface area contributed by atoms with Crippen LogP contribution in [0.2, 0.25) is 0 Å². The van der Waals surface area contributed by atoms with Crippen LogP contribution in [0.3, 0.4) is 0 Å². The van der Waals surface area contributed by atoms with Gasteiger partial charge in [0.25, 0.3) is 0 Å². The van der Waals surface area contributed by atoms with Gasteiger partial charge in [-0.15, -0.1) is 0 Å². The molecule has 4 aromatic rings. The van der Waals surface area contributed by atoms with Crippen LogP contribution in [0.15, 0.2) is 75.7 Å². The normalized spacial score (nSPS) is 15.6. The summed E-state index contributed by atoms with van der Waals surface area (Å²) >= 11 is 0. The second-order valence-corrected chi connectivity index (χ2v) is 8.17. The highest BCUT2D eigenvalue weighted by Crippen LogP contribution is 2.39. The van der Waals surface area contributed by atoms with Crippen LogP contribution in [-0.4, -0.2) is 16.9 Å². The number of nitrogens with zero attached hydrogens (tertiary/aromatic N) is 1. The number of ether oxygens (including phenoxy) is 1. The van der Waals surface area contributed by atoms with Gasteiger partial charge in [-0.2, -0.15) is 0 Å². The van der Waals surface area contributed by atoms with E-state index in [0.29, 0.717) is 28.5 Å². The van der Waals surface area contributed by atoms with Gasteiger partial charge in [-0.25, -0.2) is 14.6 Å². The minimum atomic E-state index is -0.650.